The third-order valence-electron chi connectivity index (χ3n) is 9.20. The summed E-state index contributed by atoms with van der Waals surface area (Å²) in [6, 6.07) is 53.7. The number of fused-ring (bicyclic) bond motifs is 9. The van der Waals surface area contributed by atoms with E-state index in [4.69, 9.17) is 8.83 Å². The Morgan fingerprint density at radius 2 is 0.867 bits per heavy atom. The van der Waals surface area contributed by atoms with Crippen LogP contribution in [-0.4, -0.2) is 4.57 Å². The Kier molecular flexibility index (Phi) is 5.00. The van der Waals surface area contributed by atoms with Crippen LogP contribution in [-0.2, 0) is 0 Å². The number of hydrogen-bond donors (Lipinski definition) is 0. The summed E-state index contributed by atoms with van der Waals surface area (Å²) in [7, 11) is 0. The van der Waals surface area contributed by atoms with Crippen LogP contribution in [0.25, 0.3) is 93.6 Å². The lowest BCUT2D eigenvalue weighted by Gasteiger charge is -2.08. The number of benzene rings is 7. The standard InChI is InChI=1S/C42H25NO2/c1-2-8-26(9-3-1)27-14-19-38-34(22-27)31-10-4-6-12-37(31)43(38)30-17-18-33-36-24-29(16-21-41(36)45-42(33)25-30)28-15-20-40-35(23-28)32-11-5-7-13-39(32)44-40/h1-25H. The molecule has 45 heavy (non-hydrogen) atoms. The van der Waals surface area contributed by atoms with Gasteiger partial charge in [0.05, 0.1) is 11.0 Å². The molecule has 0 spiro atoms. The molecule has 3 heteroatoms. The van der Waals surface area contributed by atoms with Crippen LogP contribution in [0.5, 0.6) is 0 Å². The van der Waals surface area contributed by atoms with Gasteiger partial charge in [0, 0.05) is 44.1 Å². The Morgan fingerprint density at radius 3 is 1.67 bits per heavy atom. The van der Waals surface area contributed by atoms with Gasteiger partial charge in [-0.25, -0.2) is 0 Å². The zero-order chi connectivity index (χ0) is 29.5. The van der Waals surface area contributed by atoms with Gasteiger partial charge in [-0.3, -0.25) is 0 Å². The van der Waals surface area contributed by atoms with E-state index in [0.29, 0.717) is 0 Å². The van der Waals surface area contributed by atoms with Gasteiger partial charge < -0.3 is 13.4 Å². The molecule has 0 bridgehead atoms. The van der Waals surface area contributed by atoms with Gasteiger partial charge >= 0.3 is 0 Å². The van der Waals surface area contributed by atoms with Gasteiger partial charge in [0.1, 0.15) is 22.3 Å². The molecule has 210 valence electrons. The maximum absolute atomic E-state index is 6.47. The third-order valence-corrected chi connectivity index (χ3v) is 9.20. The van der Waals surface area contributed by atoms with Crippen molar-refractivity contribution in [2.24, 2.45) is 0 Å². The maximum Gasteiger partial charge on any atom is 0.137 e. The molecule has 0 aliphatic heterocycles. The van der Waals surface area contributed by atoms with E-state index >= 15 is 0 Å². The van der Waals surface area contributed by atoms with Crippen molar-refractivity contribution in [1.82, 2.24) is 4.57 Å². The van der Waals surface area contributed by atoms with Crippen molar-refractivity contribution in [1.29, 1.82) is 0 Å². The number of furan rings is 2. The van der Waals surface area contributed by atoms with Crippen molar-refractivity contribution >= 4 is 65.7 Å². The van der Waals surface area contributed by atoms with Crippen molar-refractivity contribution < 1.29 is 8.83 Å². The lowest BCUT2D eigenvalue weighted by atomic mass is 10.0. The number of hydrogen-bond acceptors (Lipinski definition) is 2. The van der Waals surface area contributed by atoms with Crippen LogP contribution in [0.2, 0.25) is 0 Å². The Hall–Kier alpha value is -6.06. The maximum atomic E-state index is 6.47. The van der Waals surface area contributed by atoms with Gasteiger partial charge in [0.15, 0.2) is 0 Å². The van der Waals surface area contributed by atoms with Crippen molar-refractivity contribution in [3.8, 4) is 27.9 Å². The molecule has 0 amide bonds. The second-order valence-corrected chi connectivity index (χ2v) is 11.8. The van der Waals surface area contributed by atoms with Crippen molar-refractivity contribution in [2.45, 2.75) is 0 Å². The third kappa shape index (κ3) is 3.65. The van der Waals surface area contributed by atoms with E-state index in [2.05, 4.69) is 144 Å². The Morgan fingerprint density at radius 1 is 0.311 bits per heavy atom. The fourth-order valence-electron chi connectivity index (χ4n) is 7.05. The second kappa shape index (κ2) is 9.22. The zero-order valence-corrected chi connectivity index (χ0v) is 24.2. The van der Waals surface area contributed by atoms with E-state index in [0.717, 1.165) is 60.7 Å². The molecule has 3 nitrogen and oxygen atoms in total. The summed E-state index contributed by atoms with van der Waals surface area (Å²) in [5, 5.41) is 6.97. The summed E-state index contributed by atoms with van der Waals surface area (Å²) < 4.78 is 14.9. The van der Waals surface area contributed by atoms with Crippen LogP contribution in [0, 0.1) is 0 Å². The van der Waals surface area contributed by atoms with Crippen LogP contribution in [0.15, 0.2) is 160 Å². The first-order valence-electron chi connectivity index (χ1n) is 15.3. The lowest BCUT2D eigenvalue weighted by molar-refractivity contribution is 0.668. The van der Waals surface area contributed by atoms with Crippen LogP contribution in [0.4, 0.5) is 0 Å². The van der Waals surface area contributed by atoms with Gasteiger partial charge in [-0.2, -0.15) is 0 Å². The van der Waals surface area contributed by atoms with E-state index in [1.54, 1.807) is 0 Å². The Balaban J connectivity index is 1.12. The molecule has 0 radical (unpaired) electrons. The molecular weight excluding hydrogens is 550 g/mol. The second-order valence-electron chi connectivity index (χ2n) is 11.8. The van der Waals surface area contributed by atoms with Crippen LogP contribution in [0.3, 0.4) is 0 Å². The first kappa shape index (κ1) is 24.4. The first-order chi connectivity index (χ1) is 22.3. The number of nitrogens with zero attached hydrogens (tertiary/aromatic N) is 1. The van der Waals surface area contributed by atoms with Gasteiger partial charge in [-0.05, 0) is 82.9 Å². The molecule has 0 unspecified atom stereocenters. The van der Waals surface area contributed by atoms with Crippen LogP contribution < -0.4 is 0 Å². The van der Waals surface area contributed by atoms with Gasteiger partial charge in [-0.15, -0.1) is 0 Å². The molecule has 0 saturated heterocycles. The number of rotatable bonds is 3. The fourth-order valence-corrected chi connectivity index (χ4v) is 7.05. The predicted octanol–water partition coefficient (Wildman–Crippen LogP) is 11.9. The highest BCUT2D eigenvalue weighted by Crippen LogP contribution is 2.39. The van der Waals surface area contributed by atoms with Crippen molar-refractivity contribution in [2.75, 3.05) is 0 Å². The molecule has 3 aromatic heterocycles. The molecule has 0 N–H and O–H groups in total. The average Bonchev–Trinajstić information content (AvgIpc) is 3.76. The Bertz CT molecular complexity index is 2760. The zero-order valence-electron chi connectivity index (χ0n) is 24.2. The summed E-state index contributed by atoms with van der Waals surface area (Å²) in [6.07, 6.45) is 0. The number of para-hydroxylation sites is 2. The largest absolute Gasteiger partial charge is 0.456 e. The molecule has 0 aliphatic rings. The van der Waals surface area contributed by atoms with E-state index in [9.17, 15) is 0 Å². The van der Waals surface area contributed by atoms with E-state index in [1.165, 1.54) is 32.9 Å². The molecule has 0 atom stereocenters. The van der Waals surface area contributed by atoms with Crippen LogP contribution >= 0.6 is 0 Å². The smallest absolute Gasteiger partial charge is 0.137 e. The normalized spacial score (nSPS) is 12.0. The SMILES string of the molecule is c1ccc(-c2ccc3c(c2)c2ccccc2n3-c2ccc3c(c2)oc2ccc(-c4ccc5oc6ccccc6c5c4)cc23)cc1. The average molecular weight is 576 g/mol. The molecule has 3 heterocycles. The van der Waals surface area contributed by atoms with Gasteiger partial charge in [-0.1, -0.05) is 84.9 Å². The summed E-state index contributed by atoms with van der Waals surface area (Å²) in [5.41, 5.74) is 11.8. The highest BCUT2D eigenvalue weighted by molar-refractivity contribution is 6.12. The molecular formula is C42H25NO2. The quantitative estimate of drug-likeness (QED) is 0.210. The first-order valence-corrected chi connectivity index (χ1v) is 15.3. The molecule has 0 fully saturated rings. The molecule has 7 aromatic carbocycles. The summed E-state index contributed by atoms with van der Waals surface area (Å²) >= 11 is 0. The fraction of sp³-hybridized carbons (Fsp3) is 0. The Labute approximate surface area is 258 Å². The van der Waals surface area contributed by atoms with Gasteiger partial charge in [0.25, 0.3) is 0 Å². The summed E-state index contributed by atoms with van der Waals surface area (Å²) in [6.45, 7) is 0. The van der Waals surface area contributed by atoms with Crippen LogP contribution in [0.1, 0.15) is 0 Å². The van der Waals surface area contributed by atoms with Crippen molar-refractivity contribution in [3.63, 3.8) is 0 Å². The van der Waals surface area contributed by atoms with E-state index < -0.39 is 0 Å². The highest BCUT2D eigenvalue weighted by atomic mass is 16.3. The minimum Gasteiger partial charge on any atom is -0.456 e. The summed E-state index contributed by atoms with van der Waals surface area (Å²) in [4.78, 5) is 0. The molecule has 0 aliphatic carbocycles. The minimum absolute atomic E-state index is 0.878. The molecule has 10 rings (SSSR count). The molecule has 0 saturated carbocycles. The van der Waals surface area contributed by atoms with Gasteiger partial charge in [0.2, 0.25) is 0 Å². The lowest BCUT2D eigenvalue weighted by Crippen LogP contribution is -1.93. The van der Waals surface area contributed by atoms with E-state index in [-0.39, 0.29) is 0 Å². The van der Waals surface area contributed by atoms with E-state index in [1.807, 2.05) is 12.1 Å². The topological polar surface area (TPSA) is 31.2 Å². The summed E-state index contributed by atoms with van der Waals surface area (Å²) in [5.74, 6) is 0. The monoisotopic (exact) mass is 575 g/mol. The number of aromatic nitrogens is 1. The molecule has 10 aromatic rings. The van der Waals surface area contributed by atoms with Crippen molar-refractivity contribution in [3.05, 3.63) is 152 Å². The predicted molar refractivity (Wildman–Crippen MR) is 186 cm³/mol. The minimum atomic E-state index is 0.878. The highest BCUT2D eigenvalue weighted by Gasteiger charge is 2.16.